The van der Waals surface area contributed by atoms with Gasteiger partial charge in [0.05, 0.1) is 4.47 Å². The second-order valence-electron chi connectivity index (χ2n) is 5.08. The van der Waals surface area contributed by atoms with Crippen LogP contribution in [0.2, 0.25) is 0 Å². The lowest BCUT2D eigenvalue weighted by molar-refractivity contribution is 0.321. The molecule has 0 heterocycles. The lowest BCUT2D eigenvalue weighted by Gasteiger charge is -2.17. The summed E-state index contributed by atoms with van der Waals surface area (Å²) in [7, 11) is 2.05. The van der Waals surface area contributed by atoms with Crippen LogP contribution in [-0.2, 0) is 6.54 Å². The highest BCUT2D eigenvalue weighted by Crippen LogP contribution is 2.17. The van der Waals surface area contributed by atoms with Crippen molar-refractivity contribution in [2.75, 3.05) is 26.7 Å². The fraction of sp³-hybridized carbons (Fsp3) is 0.571. The topological polar surface area (TPSA) is 15.3 Å². The van der Waals surface area contributed by atoms with Crippen LogP contribution in [0.4, 0.5) is 4.39 Å². The standard InChI is InChI=1S/C14H22BrFN2/c1-11(2)9-17-6-7-18(3)10-12-4-5-13(15)14(16)8-12/h4-5,8,11,17H,6-7,9-10H2,1-3H3. The van der Waals surface area contributed by atoms with Gasteiger partial charge in [0.15, 0.2) is 0 Å². The summed E-state index contributed by atoms with van der Waals surface area (Å²) >= 11 is 3.16. The molecule has 1 aromatic rings. The Morgan fingerprint density at radius 1 is 1.39 bits per heavy atom. The van der Waals surface area contributed by atoms with Crippen molar-refractivity contribution in [3.05, 3.63) is 34.1 Å². The molecule has 0 aliphatic rings. The van der Waals surface area contributed by atoms with Gasteiger partial charge in [-0.15, -0.1) is 0 Å². The molecule has 4 heteroatoms. The Labute approximate surface area is 118 Å². The predicted octanol–water partition coefficient (Wildman–Crippen LogP) is 3.27. The summed E-state index contributed by atoms with van der Waals surface area (Å²) in [5.41, 5.74) is 1.00. The minimum atomic E-state index is -0.196. The summed E-state index contributed by atoms with van der Waals surface area (Å²) in [6.45, 7) is 8.13. The maximum absolute atomic E-state index is 13.3. The van der Waals surface area contributed by atoms with Crippen molar-refractivity contribution in [3.8, 4) is 0 Å². The van der Waals surface area contributed by atoms with Crippen LogP contribution in [0, 0.1) is 11.7 Å². The maximum Gasteiger partial charge on any atom is 0.137 e. The molecule has 0 atom stereocenters. The van der Waals surface area contributed by atoms with E-state index in [0.717, 1.165) is 31.7 Å². The second kappa shape index (κ2) is 7.87. The average molecular weight is 317 g/mol. The summed E-state index contributed by atoms with van der Waals surface area (Å²) in [5.74, 6) is 0.481. The minimum Gasteiger partial charge on any atom is -0.315 e. The Morgan fingerprint density at radius 3 is 2.72 bits per heavy atom. The Bertz CT molecular complexity index is 369. The highest BCUT2D eigenvalue weighted by molar-refractivity contribution is 9.10. The molecule has 0 aliphatic heterocycles. The SMILES string of the molecule is CC(C)CNCCN(C)Cc1ccc(Br)c(F)c1. The molecular weight excluding hydrogens is 295 g/mol. The lowest BCUT2D eigenvalue weighted by atomic mass is 10.2. The van der Waals surface area contributed by atoms with Crippen LogP contribution in [0.3, 0.4) is 0 Å². The normalized spacial score (nSPS) is 11.5. The fourth-order valence-corrected chi connectivity index (χ4v) is 1.94. The number of nitrogens with zero attached hydrogens (tertiary/aromatic N) is 1. The zero-order chi connectivity index (χ0) is 13.5. The van der Waals surface area contributed by atoms with E-state index in [4.69, 9.17) is 0 Å². The third-order valence-electron chi connectivity index (χ3n) is 2.66. The van der Waals surface area contributed by atoms with E-state index in [0.29, 0.717) is 10.4 Å². The zero-order valence-corrected chi connectivity index (χ0v) is 12.9. The van der Waals surface area contributed by atoms with Gasteiger partial charge in [0.1, 0.15) is 5.82 Å². The summed E-state index contributed by atoms with van der Waals surface area (Å²) in [6, 6.07) is 5.29. The Kier molecular flexibility index (Phi) is 6.82. The molecular formula is C14H22BrFN2. The van der Waals surface area contributed by atoms with Gasteiger partial charge in [0, 0.05) is 19.6 Å². The Hall–Kier alpha value is -0.450. The summed E-state index contributed by atoms with van der Waals surface area (Å²) < 4.78 is 13.9. The number of halogens is 2. The molecule has 102 valence electrons. The van der Waals surface area contributed by atoms with Gasteiger partial charge in [-0.05, 0) is 53.1 Å². The van der Waals surface area contributed by atoms with Crippen molar-refractivity contribution >= 4 is 15.9 Å². The first kappa shape index (κ1) is 15.6. The Morgan fingerprint density at radius 2 is 2.11 bits per heavy atom. The molecule has 0 fully saturated rings. The fourth-order valence-electron chi connectivity index (χ4n) is 1.69. The van der Waals surface area contributed by atoms with E-state index in [-0.39, 0.29) is 5.82 Å². The predicted molar refractivity (Wildman–Crippen MR) is 78.1 cm³/mol. The quantitative estimate of drug-likeness (QED) is 0.777. The van der Waals surface area contributed by atoms with Crippen LogP contribution in [0.15, 0.2) is 22.7 Å². The first-order chi connectivity index (χ1) is 8.49. The van der Waals surface area contributed by atoms with Crippen molar-refractivity contribution in [2.24, 2.45) is 5.92 Å². The van der Waals surface area contributed by atoms with Crippen molar-refractivity contribution in [1.82, 2.24) is 10.2 Å². The zero-order valence-electron chi connectivity index (χ0n) is 11.3. The summed E-state index contributed by atoms with van der Waals surface area (Å²) in [6.07, 6.45) is 0. The first-order valence-electron chi connectivity index (χ1n) is 6.32. The third-order valence-corrected chi connectivity index (χ3v) is 3.30. The number of likely N-dealkylation sites (N-methyl/N-ethyl adjacent to an activating group) is 1. The number of hydrogen-bond acceptors (Lipinski definition) is 2. The van der Waals surface area contributed by atoms with Gasteiger partial charge in [0.2, 0.25) is 0 Å². The molecule has 0 saturated carbocycles. The van der Waals surface area contributed by atoms with E-state index >= 15 is 0 Å². The number of rotatable bonds is 7. The number of hydrogen-bond donors (Lipinski definition) is 1. The molecule has 1 rings (SSSR count). The van der Waals surface area contributed by atoms with Crippen LogP contribution in [0.1, 0.15) is 19.4 Å². The summed E-state index contributed by atoms with van der Waals surface area (Å²) in [5, 5.41) is 3.40. The highest BCUT2D eigenvalue weighted by Gasteiger charge is 2.04. The average Bonchev–Trinajstić information content (AvgIpc) is 2.29. The van der Waals surface area contributed by atoms with Crippen molar-refractivity contribution in [2.45, 2.75) is 20.4 Å². The van der Waals surface area contributed by atoms with E-state index in [1.165, 1.54) is 0 Å². The summed E-state index contributed by atoms with van der Waals surface area (Å²) in [4.78, 5) is 2.19. The monoisotopic (exact) mass is 316 g/mol. The van der Waals surface area contributed by atoms with Gasteiger partial charge in [-0.2, -0.15) is 0 Å². The van der Waals surface area contributed by atoms with Crippen molar-refractivity contribution in [1.29, 1.82) is 0 Å². The van der Waals surface area contributed by atoms with Gasteiger partial charge < -0.3 is 10.2 Å². The molecule has 18 heavy (non-hydrogen) atoms. The van der Waals surface area contributed by atoms with E-state index < -0.39 is 0 Å². The van der Waals surface area contributed by atoms with Crippen LogP contribution in [0.25, 0.3) is 0 Å². The molecule has 2 nitrogen and oxygen atoms in total. The van der Waals surface area contributed by atoms with Gasteiger partial charge in [-0.3, -0.25) is 0 Å². The molecule has 1 N–H and O–H groups in total. The minimum absolute atomic E-state index is 0.196. The second-order valence-corrected chi connectivity index (χ2v) is 5.94. The maximum atomic E-state index is 13.3. The van der Waals surface area contributed by atoms with Gasteiger partial charge in [-0.1, -0.05) is 19.9 Å². The number of nitrogens with one attached hydrogen (secondary N) is 1. The van der Waals surface area contributed by atoms with E-state index in [1.807, 2.05) is 6.07 Å². The van der Waals surface area contributed by atoms with Crippen LogP contribution in [-0.4, -0.2) is 31.6 Å². The van der Waals surface area contributed by atoms with Crippen molar-refractivity contribution in [3.63, 3.8) is 0 Å². The first-order valence-corrected chi connectivity index (χ1v) is 7.11. The van der Waals surface area contributed by atoms with Crippen LogP contribution < -0.4 is 5.32 Å². The molecule has 0 amide bonds. The smallest absolute Gasteiger partial charge is 0.137 e. The molecule has 0 saturated heterocycles. The van der Waals surface area contributed by atoms with Crippen molar-refractivity contribution < 1.29 is 4.39 Å². The molecule has 0 unspecified atom stereocenters. The van der Waals surface area contributed by atoms with E-state index in [1.54, 1.807) is 12.1 Å². The Balaban J connectivity index is 2.31. The largest absolute Gasteiger partial charge is 0.315 e. The third kappa shape index (κ3) is 5.94. The molecule has 1 aromatic carbocycles. The number of benzene rings is 1. The molecule has 0 radical (unpaired) electrons. The molecule has 0 bridgehead atoms. The van der Waals surface area contributed by atoms with Crippen LogP contribution >= 0.6 is 15.9 Å². The van der Waals surface area contributed by atoms with E-state index in [9.17, 15) is 4.39 Å². The van der Waals surface area contributed by atoms with Gasteiger partial charge in [-0.25, -0.2) is 4.39 Å². The highest BCUT2D eigenvalue weighted by atomic mass is 79.9. The molecule has 0 aromatic heterocycles. The molecule has 0 aliphatic carbocycles. The van der Waals surface area contributed by atoms with Gasteiger partial charge >= 0.3 is 0 Å². The molecule has 0 spiro atoms. The van der Waals surface area contributed by atoms with Crippen LogP contribution in [0.5, 0.6) is 0 Å². The lowest BCUT2D eigenvalue weighted by Crippen LogP contribution is -2.30. The van der Waals surface area contributed by atoms with Gasteiger partial charge in [0.25, 0.3) is 0 Å². The van der Waals surface area contributed by atoms with E-state index in [2.05, 4.69) is 47.0 Å².